The fourth-order valence-electron chi connectivity index (χ4n) is 4.31. The Labute approximate surface area is 198 Å². The number of carbonyl (C=O) groups is 2. The number of hydrogen-bond acceptors (Lipinski definition) is 4. The van der Waals surface area contributed by atoms with Gasteiger partial charge in [-0.25, -0.2) is 4.39 Å². The number of rotatable bonds is 4. The van der Waals surface area contributed by atoms with Crippen LogP contribution in [0.1, 0.15) is 54.7 Å². The quantitative estimate of drug-likeness (QED) is 0.491. The summed E-state index contributed by atoms with van der Waals surface area (Å²) in [5.41, 5.74) is -2.32. The van der Waals surface area contributed by atoms with Gasteiger partial charge in [0, 0.05) is 17.4 Å². The first-order chi connectivity index (χ1) is 15.9. The molecule has 1 aliphatic carbocycles. The predicted octanol–water partition coefficient (Wildman–Crippen LogP) is 4.75. The number of pyridine rings is 1. The summed E-state index contributed by atoms with van der Waals surface area (Å²) in [5, 5.41) is 2.55. The Hall–Kier alpha value is -3.08. The van der Waals surface area contributed by atoms with Crippen LogP contribution < -0.4 is 15.1 Å². The molecular formula is C23H22F4N4O2S. The number of alkyl halides is 3. The van der Waals surface area contributed by atoms with Crippen molar-refractivity contribution >= 4 is 40.5 Å². The van der Waals surface area contributed by atoms with Gasteiger partial charge in [-0.3, -0.25) is 19.5 Å². The topological polar surface area (TPSA) is 65.5 Å². The highest BCUT2D eigenvalue weighted by Gasteiger charge is 2.59. The molecule has 1 aliphatic heterocycles. The number of carbonyl (C=O) groups excluding carboxylic acids is 2. The smallest absolute Gasteiger partial charge is 0.350 e. The normalized spacial score (nSPS) is 17.5. The van der Waals surface area contributed by atoms with Gasteiger partial charge < -0.3 is 10.2 Å². The molecule has 1 N–H and O–H groups in total. The van der Waals surface area contributed by atoms with E-state index in [1.54, 1.807) is 13.8 Å². The zero-order chi connectivity index (χ0) is 25.0. The summed E-state index contributed by atoms with van der Waals surface area (Å²) in [6.07, 6.45) is -1.96. The number of benzene rings is 1. The highest BCUT2D eigenvalue weighted by atomic mass is 32.1. The minimum Gasteiger partial charge on any atom is -0.350 e. The Morgan fingerprint density at radius 1 is 1.21 bits per heavy atom. The lowest BCUT2D eigenvalue weighted by Gasteiger charge is -2.43. The number of aryl methyl sites for hydroxylation is 1. The highest BCUT2D eigenvalue weighted by molar-refractivity contribution is 7.81. The maximum absolute atomic E-state index is 14.9. The number of amides is 2. The van der Waals surface area contributed by atoms with Gasteiger partial charge in [-0.2, -0.15) is 13.2 Å². The lowest BCUT2D eigenvalue weighted by Crippen LogP contribution is -2.55. The first kappa shape index (κ1) is 24.1. The minimum absolute atomic E-state index is 0.0674. The Bertz CT molecular complexity index is 1190. The van der Waals surface area contributed by atoms with Gasteiger partial charge in [0.05, 0.1) is 23.0 Å². The largest absolute Gasteiger partial charge is 0.418 e. The molecular weight excluding hydrogens is 472 g/mol. The van der Waals surface area contributed by atoms with Gasteiger partial charge in [0.2, 0.25) is 0 Å². The van der Waals surface area contributed by atoms with E-state index in [0.717, 1.165) is 17.0 Å². The molecule has 1 spiro atoms. The number of anilines is 2. The SMILES string of the molecule is Cc1ncc(N2C(=O)C3(CCC3)N(c3ccc(C(=O)NC(C)C)c(F)c3)C2=S)cc1C(F)(F)F. The Morgan fingerprint density at radius 3 is 2.41 bits per heavy atom. The molecule has 1 saturated heterocycles. The summed E-state index contributed by atoms with van der Waals surface area (Å²) < 4.78 is 55.2. The van der Waals surface area contributed by atoms with Crippen LogP contribution in [0.4, 0.5) is 28.9 Å². The van der Waals surface area contributed by atoms with Crippen LogP contribution in [0.15, 0.2) is 30.5 Å². The van der Waals surface area contributed by atoms with E-state index in [9.17, 15) is 27.2 Å². The van der Waals surface area contributed by atoms with E-state index in [1.165, 1.54) is 30.2 Å². The van der Waals surface area contributed by atoms with Gasteiger partial charge in [-0.05, 0) is 76.5 Å². The molecule has 1 saturated carbocycles. The second-order valence-electron chi connectivity index (χ2n) is 8.76. The third-order valence-corrected chi connectivity index (χ3v) is 6.47. The fourth-order valence-corrected chi connectivity index (χ4v) is 4.78. The van der Waals surface area contributed by atoms with Crippen LogP contribution in [-0.2, 0) is 11.0 Å². The zero-order valence-corrected chi connectivity index (χ0v) is 19.5. The zero-order valence-electron chi connectivity index (χ0n) is 18.7. The van der Waals surface area contributed by atoms with E-state index in [4.69, 9.17) is 12.2 Å². The third kappa shape index (κ3) is 3.81. The summed E-state index contributed by atoms with van der Waals surface area (Å²) in [6, 6.07) is 4.57. The molecule has 1 aromatic carbocycles. The lowest BCUT2D eigenvalue weighted by atomic mass is 9.75. The maximum atomic E-state index is 14.9. The van der Waals surface area contributed by atoms with Crippen molar-refractivity contribution in [3.63, 3.8) is 0 Å². The van der Waals surface area contributed by atoms with E-state index in [2.05, 4.69) is 10.3 Å². The summed E-state index contributed by atoms with van der Waals surface area (Å²) in [5.74, 6) is -1.86. The molecule has 1 aromatic heterocycles. The summed E-state index contributed by atoms with van der Waals surface area (Å²) >= 11 is 5.53. The van der Waals surface area contributed by atoms with Crippen LogP contribution >= 0.6 is 12.2 Å². The standard InChI is InChI=1S/C23H22F4N4O2S/c1-12(2)29-19(32)16-6-5-14(10-18(16)24)31-21(34)30(20(33)22(31)7-4-8-22)15-9-17(23(25,26)27)13(3)28-11-15/h5-6,9-12H,4,7-8H2,1-3H3,(H,29,32). The summed E-state index contributed by atoms with van der Waals surface area (Å²) in [6.45, 7) is 4.73. The number of hydrogen-bond donors (Lipinski definition) is 1. The average Bonchev–Trinajstić information content (AvgIpc) is 2.94. The van der Waals surface area contributed by atoms with Gasteiger partial charge in [0.1, 0.15) is 11.4 Å². The molecule has 2 aromatic rings. The first-order valence-corrected chi connectivity index (χ1v) is 11.1. The number of halogens is 4. The van der Waals surface area contributed by atoms with E-state index < -0.39 is 34.9 Å². The molecule has 11 heteroatoms. The van der Waals surface area contributed by atoms with E-state index in [-0.39, 0.29) is 33.8 Å². The van der Waals surface area contributed by atoms with Crippen molar-refractivity contribution in [2.75, 3.05) is 9.80 Å². The van der Waals surface area contributed by atoms with Crippen LogP contribution in [0.2, 0.25) is 0 Å². The summed E-state index contributed by atoms with van der Waals surface area (Å²) in [4.78, 5) is 32.0. The van der Waals surface area contributed by atoms with Gasteiger partial charge in [-0.15, -0.1) is 0 Å². The van der Waals surface area contributed by atoms with Crippen LogP contribution in [-0.4, -0.2) is 33.5 Å². The molecule has 0 bridgehead atoms. The van der Waals surface area contributed by atoms with Crippen molar-refractivity contribution in [2.24, 2.45) is 0 Å². The number of thiocarbonyl (C=S) groups is 1. The molecule has 0 unspecified atom stereocenters. The maximum Gasteiger partial charge on any atom is 0.418 e. The second-order valence-corrected chi connectivity index (χ2v) is 9.13. The van der Waals surface area contributed by atoms with Crippen molar-refractivity contribution in [3.8, 4) is 0 Å². The average molecular weight is 495 g/mol. The molecule has 34 heavy (non-hydrogen) atoms. The van der Waals surface area contributed by atoms with Crippen LogP contribution in [0.25, 0.3) is 0 Å². The fraction of sp³-hybridized carbons (Fsp3) is 0.391. The summed E-state index contributed by atoms with van der Waals surface area (Å²) in [7, 11) is 0. The van der Waals surface area contributed by atoms with E-state index in [0.29, 0.717) is 19.3 Å². The molecule has 2 fully saturated rings. The number of nitrogens with zero attached hydrogens (tertiary/aromatic N) is 3. The Morgan fingerprint density at radius 2 is 1.88 bits per heavy atom. The highest BCUT2D eigenvalue weighted by Crippen LogP contribution is 2.48. The Balaban J connectivity index is 1.75. The van der Waals surface area contributed by atoms with Gasteiger partial charge in [0.25, 0.3) is 11.8 Å². The van der Waals surface area contributed by atoms with Crippen molar-refractivity contribution in [1.29, 1.82) is 0 Å². The molecule has 0 atom stereocenters. The predicted molar refractivity (Wildman–Crippen MR) is 122 cm³/mol. The van der Waals surface area contributed by atoms with E-state index in [1.807, 2.05) is 0 Å². The van der Waals surface area contributed by atoms with Crippen molar-refractivity contribution in [2.45, 2.75) is 57.8 Å². The van der Waals surface area contributed by atoms with Crippen molar-refractivity contribution in [1.82, 2.24) is 10.3 Å². The first-order valence-electron chi connectivity index (χ1n) is 10.7. The minimum atomic E-state index is -4.65. The van der Waals surface area contributed by atoms with Gasteiger partial charge in [-0.1, -0.05) is 0 Å². The molecule has 0 radical (unpaired) electrons. The van der Waals surface area contributed by atoms with Crippen LogP contribution in [0.5, 0.6) is 0 Å². The van der Waals surface area contributed by atoms with Gasteiger partial charge in [0.15, 0.2) is 5.11 Å². The molecule has 6 nitrogen and oxygen atoms in total. The van der Waals surface area contributed by atoms with Crippen LogP contribution in [0, 0.1) is 12.7 Å². The lowest BCUT2D eigenvalue weighted by molar-refractivity contribution is -0.138. The van der Waals surface area contributed by atoms with Gasteiger partial charge >= 0.3 is 6.18 Å². The number of aromatic nitrogens is 1. The second kappa shape index (κ2) is 8.30. The van der Waals surface area contributed by atoms with Crippen molar-refractivity contribution in [3.05, 3.63) is 53.1 Å². The molecule has 4 rings (SSSR count). The van der Waals surface area contributed by atoms with Crippen molar-refractivity contribution < 1.29 is 27.2 Å². The monoisotopic (exact) mass is 494 g/mol. The molecule has 2 amide bonds. The number of nitrogens with one attached hydrogen (secondary N) is 1. The molecule has 180 valence electrons. The Kier molecular flexibility index (Phi) is 5.87. The third-order valence-electron chi connectivity index (χ3n) is 6.10. The molecule has 2 heterocycles. The van der Waals surface area contributed by atoms with E-state index >= 15 is 0 Å². The van der Waals surface area contributed by atoms with Crippen LogP contribution in [0.3, 0.4) is 0 Å². The molecule has 2 aliphatic rings.